The van der Waals surface area contributed by atoms with Gasteiger partial charge >= 0.3 is 15.2 Å². The van der Waals surface area contributed by atoms with E-state index in [0.717, 1.165) is 18.4 Å². The number of nitrogens with zero attached hydrogens (tertiary/aromatic N) is 3. The molecule has 6 N–H and O–H groups in total. The van der Waals surface area contributed by atoms with Crippen molar-refractivity contribution >= 4 is 32.0 Å². The molecule has 6 rings (SSSR count). The highest BCUT2D eigenvalue weighted by Gasteiger charge is 2.78. The Bertz CT molecular complexity index is 1480. The lowest BCUT2D eigenvalue weighted by Gasteiger charge is -2.23. The maximum Gasteiger partial charge on any atom is 0.340 e. The minimum atomic E-state index is -4.85. The van der Waals surface area contributed by atoms with E-state index in [-0.39, 0.29) is 5.92 Å². The predicted molar refractivity (Wildman–Crippen MR) is 133 cm³/mol. The first-order valence-electron chi connectivity index (χ1n) is 12.0. The first-order chi connectivity index (χ1) is 17.9. The number of ether oxygens (including phenoxy) is 1. The van der Waals surface area contributed by atoms with Gasteiger partial charge in [0, 0.05) is 24.2 Å². The number of pyridine rings is 1. The molecule has 38 heavy (non-hydrogen) atoms. The van der Waals surface area contributed by atoms with E-state index in [1.165, 1.54) is 6.20 Å². The zero-order valence-corrected chi connectivity index (χ0v) is 21.7. The molecule has 0 radical (unpaired) electrons. The average Bonchev–Trinajstić information content (AvgIpc) is 3.76. The third-order valence-corrected chi connectivity index (χ3v) is 10.4. The zero-order valence-electron chi connectivity index (χ0n) is 19.9. The van der Waals surface area contributed by atoms with Crippen molar-refractivity contribution in [2.75, 3.05) is 11.2 Å². The SMILES string of the molecule is O=P(O)(O)CP(=O)(O)OC1[C@H]2O[C@@H](c3cnc4c(NCc5ccccc5)nc(C5CC5)nc4c3)[C@H](O)[C@@]12O. The quantitative estimate of drug-likeness (QED) is 0.205. The standard InChI is InChI=1S/C23H26N4O9P2/c28-18-17(35-19-20(23(18,19)29)36-38(33,34)11-37(30,31)32)14-8-15-16(24-10-14)22(27-21(26-15)13-6-7-13)25-9-12-4-2-1-3-5-12/h1-5,8,10,13,17-20,28-29H,6-7,9,11H2,(H,33,34)(H,25,26,27)(H2,30,31,32)/t17-,18-,19+,20?,23-/m0/s1. The molecule has 202 valence electrons. The lowest BCUT2D eigenvalue weighted by molar-refractivity contribution is -0.0631. The normalized spacial score (nSPS) is 30.1. The van der Waals surface area contributed by atoms with Gasteiger partial charge < -0.3 is 34.9 Å². The predicted octanol–water partition coefficient (Wildman–Crippen LogP) is 1.77. The van der Waals surface area contributed by atoms with E-state index >= 15 is 0 Å². The van der Waals surface area contributed by atoms with Crippen molar-refractivity contribution in [2.24, 2.45) is 0 Å². The molecule has 2 aromatic heterocycles. The van der Waals surface area contributed by atoms with E-state index in [2.05, 4.69) is 15.3 Å². The van der Waals surface area contributed by atoms with Gasteiger partial charge in [-0.1, -0.05) is 30.3 Å². The Balaban J connectivity index is 1.23. The van der Waals surface area contributed by atoms with Crippen molar-refractivity contribution in [3.63, 3.8) is 0 Å². The third kappa shape index (κ3) is 4.90. The number of fused-ring (bicyclic) bond motifs is 2. The Morgan fingerprint density at radius 1 is 1.13 bits per heavy atom. The summed E-state index contributed by atoms with van der Waals surface area (Å²) in [5, 5.41) is 25.0. The lowest BCUT2D eigenvalue weighted by atomic mass is 10.0. The van der Waals surface area contributed by atoms with Gasteiger partial charge in [-0.25, -0.2) is 9.97 Å². The van der Waals surface area contributed by atoms with Gasteiger partial charge in [-0.05, 0) is 24.5 Å². The summed E-state index contributed by atoms with van der Waals surface area (Å²) in [6.07, 6.45) is -1.68. The van der Waals surface area contributed by atoms with Gasteiger partial charge in [0.25, 0.3) is 0 Å². The van der Waals surface area contributed by atoms with Crippen molar-refractivity contribution in [1.29, 1.82) is 0 Å². The van der Waals surface area contributed by atoms with Crippen LogP contribution in [0.2, 0.25) is 0 Å². The van der Waals surface area contributed by atoms with Gasteiger partial charge in [0.2, 0.25) is 0 Å². The van der Waals surface area contributed by atoms with Crippen LogP contribution in [0.15, 0.2) is 42.6 Å². The van der Waals surface area contributed by atoms with Crippen LogP contribution in [-0.2, 0) is 24.9 Å². The minimum Gasteiger partial charge on any atom is -0.387 e. The molecule has 2 saturated carbocycles. The van der Waals surface area contributed by atoms with Crippen LogP contribution < -0.4 is 5.32 Å². The van der Waals surface area contributed by atoms with Crippen molar-refractivity contribution in [1.82, 2.24) is 15.0 Å². The molecule has 1 aliphatic heterocycles. The molecule has 15 heteroatoms. The van der Waals surface area contributed by atoms with Gasteiger partial charge in [0.05, 0.1) is 5.52 Å². The number of hydrogen-bond donors (Lipinski definition) is 6. The monoisotopic (exact) mass is 564 g/mol. The highest BCUT2D eigenvalue weighted by atomic mass is 31.2. The average molecular weight is 564 g/mol. The Hall–Kier alpha value is -2.31. The molecule has 3 fully saturated rings. The topological polar surface area (TPSA) is 204 Å². The number of nitrogens with one attached hydrogen (secondary N) is 1. The van der Waals surface area contributed by atoms with Gasteiger partial charge in [-0.3, -0.25) is 18.6 Å². The molecule has 13 nitrogen and oxygen atoms in total. The molecule has 3 heterocycles. The van der Waals surface area contributed by atoms with Crippen LogP contribution in [0.25, 0.3) is 11.0 Å². The number of hydrogen-bond acceptors (Lipinski definition) is 10. The summed E-state index contributed by atoms with van der Waals surface area (Å²) < 4.78 is 33.8. The van der Waals surface area contributed by atoms with Crippen molar-refractivity contribution in [3.8, 4) is 0 Å². The molecule has 0 spiro atoms. The summed E-state index contributed by atoms with van der Waals surface area (Å²) in [7, 11) is -9.60. The third-order valence-electron chi connectivity index (χ3n) is 6.92. The first kappa shape index (κ1) is 25.9. The van der Waals surface area contributed by atoms with Crippen LogP contribution in [0, 0.1) is 0 Å². The summed E-state index contributed by atoms with van der Waals surface area (Å²) in [5.74, 6) is 0.136. The molecule has 3 aliphatic rings. The minimum absolute atomic E-state index is 0.266. The molecule has 1 saturated heterocycles. The molecule has 0 bridgehead atoms. The summed E-state index contributed by atoms with van der Waals surface area (Å²) in [6, 6.07) is 11.5. The number of benzene rings is 1. The molecule has 6 atom stereocenters. The molecule has 2 aliphatic carbocycles. The van der Waals surface area contributed by atoms with Crippen molar-refractivity contribution in [3.05, 3.63) is 59.5 Å². The molecule has 2 unspecified atom stereocenters. The van der Waals surface area contributed by atoms with Crippen LogP contribution in [0.4, 0.5) is 5.82 Å². The molecular formula is C23H26N4O9P2. The zero-order chi connectivity index (χ0) is 26.9. The van der Waals surface area contributed by atoms with E-state index in [1.54, 1.807) is 6.07 Å². The van der Waals surface area contributed by atoms with E-state index in [4.69, 9.17) is 24.0 Å². The summed E-state index contributed by atoms with van der Waals surface area (Å²) in [6.45, 7) is 0.539. The largest absolute Gasteiger partial charge is 0.387 e. The maximum absolute atomic E-state index is 12.1. The maximum atomic E-state index is 12.1. The van der Waals surface area contributed by atoms with E-state index in [0.29, 0.717) is 34.8 Å². The molecule has 3 aromatic rings. The Kier molecular flexibility index (Phi) is 6.23. The van der Waals surface area contributed by atoms with Gasteiger partial charge in [-0.2, -0.15) is 0 Å². The van der Waals surface area contributed by atoms with Gasteiger partial charge in [-0.15, -0.1) is 0 Å². The highest BCUT2D eigenvalue weighted by molar-refractivity contribution is 7.70. The number of aliphatic hydroxyl groups excluding tert-OH is 1. The second-order valence-electron chi connectivity index (χ2n) is 9.96. The summed E-state index contributed by atoms with van der Waals surface area (Å²) in [5.41, 5.74) is 0.558. The Morgan fingerprint density at radius 3 is 2.50 bits per heavy atom. The van der Waals surface area contributed by atoms with Crippen LogP contribution in [0.3, 0.4) is 0 Å². The van der Waals surface area contributed by atoms with E-state index in [9.17, 15) is 24.2 Å². The lowest BCUT2D eigenvalue weighted by Crippen LogP contribution is -2.35. The fourth-order valence-corrected chi connectivity index (χ4v) is 7.57. The fourth-order valence-electron chi connectivity index (χ4n) is 4.80. The molecule has 0 amide bonds. The Morgan fingerprint density at radius 2 is 1.87 bits per heavy atom. The van der Waals surface area contributed by atoms with Gasteiger partial charge in [0.15, 0.2) is 17.3 Å². The van der Waals surface area contributed by atoms with Crippen LogP contribution in [0.5, 0.6) is 0 Å². The van der Waals surface area contributed by atoms with Gasteiger partial charge in [0.1, 0.15) is 35.8 Å². The second-order valence-corrected chi connectivity index (χ2v) is 13.9. The van der Waals surface area contributed by atoms with Crippen LogP contribution in [-0.4, -0.2) is 69.7 Å². The van der Waals surface area contributed by atoms with Crippen molar-refractivity contribution in [2.45, 2.75) is 55.3 Å². The number of aromatic nitrogens is 3. The second kappa shape index (κ2) is 9.12. The number of rotatable bonds is 9. The first-order valence-corrected chi connectivity index (χ1v) is 15.6. The number of aliphatic hydroxyl groups is 2. The van der Waals surface area contributed by atoms with Crippen LogP contribution >= 0.6 is 15.2 Å². The molecule has 1 aromatic carbocycles. The highest BCUT2D eigenvalue weighted by Crippen LogP contribution is 2.64. The number of anilines is 1. The van der Waals surface area contributed by atoms with Crippen LogP contribution in [0.1, 0.15) is 41.8 Å². The fraction of sp³-hybridized carbons (Fsp3) is 0.435. The summed E-state index contributed by atoms with van der Waals surface area (Å²) >= 11 is 0. The molecular weight excluding hydrogens is 538 g/mol. The Labute approximate surface area is 216 Å². The smallest absolute Gasteiger partial charge is 0.340 e. The van der Waals surface area contributed by atoms with Crippen molar-refractivity contribution < 1.29 is 43.3 Å². The van der Waals surface area contributed by atoms with E-state index in [1.807, 2.05) is 30.3 Å². The summed E-state index contributed by atoms with van der Waals surface area (Å²) in [4.78, 5) is 41.6. The van der Waals surface area contributed by atoms with E-state index < -0.39 is 51.1 Å².